The highest BCUT2D eigenvalue weighted by Crippen LogP contribution is 2.27. The average Bonchev–Trinajstić information content (AvgIpc) is 2.65. The Labute approximate surface area is 167 Å². The van der Waals surface area contributed by atoms with Crippen LogP contribution in [0.3, 0.4) is 0 Å². The fraction of sp³-hybridized carbons (Fsp3) is 0.364. The molecule has 2 aromatic rings. The van der Waals surface area contributed by atoms with Gasteiger partial charge in [0.1, 0.15) is 0 Å². The Kier molecular flexibility index (Phi) is 6.45. The number of thiocarbonyl (C=S) groups is 1. The topological polar surface area (TPSA) is 39.7 Å². The smallest absolute Gasteiger partial charge is 0.191 e. The lowest BCUT2D eigenvalue weighted by atomic mass is 9.99. The number of hydrazone groups is 1. The van der Waals surface area contributed by atoms with Crippen LogP contribution < -0.4 is 15.6 Å². The van der Waals surface area contributed by atoms with Gasteiger partial charge >= 0.3 is 0 Å². The summed E-state index contributed by atoms with van der Waals surface area (Å²) in [4.78, 5) is 2.49. The maximum Gasteiger partial charge on any atom is 0.191 e. The molecule has 1 aliphatic heterocycles. The van der Waals surface area contributed by atoms with Crippen LogP contribution in [0.4, 0.5) is 11.4 Å². The van der Waals surface area contributed by atoms with Gasteiger partial charge in [0.05, 0.1) is 6.21 Å². The van der Waals surface area contributed by atoms with E-state index in [1.54, 1.807) is 0 Å². The first kappa shape index (κ1) is 19.4. The minimum Gasteiger partial charge on any atom is -0.371 e. The largest absolute Gasteiger partial charge is 0.371 e. The quantitative estimate of drug-likeness (QED) is 0.445. The lowest BCUT2D eigenvalue weighted by Gasteiger charge is -2.31. The van der Waals surface area contributed by atoms with Crippen molar-refractivity contribution in [2.45, 2.75) is 40.0 Å². The molecule has 0 saturated heterocycles. The Morgan fingerprint density at radius 1 is 1.22 bits per heavy atom. The number of aryl methyl sites for hydroxylation is 3. The number of hydrogen-bond donors (Lipinski definition) is 2. The minimum absolute atomic E-state index is 0.493. The first-order chi connectivity index (χ1) is 13.1. The second-order valence-electron chi connectivity index (χ2n) is 7.12. The third kappa shape index (κ3) is 5.07. The van der Waals surface area contributed by atoms with Gasteiger partial charge in [0.2, 0.25) is 0 Å². The van der Waals surface area contributed by atoms with Crippen LogP contribution >= 0.6 is 12.2 Å². The molecule has 0 atom stereocenters. The van der Waals surface area contributed by atoms with Gasteiger partial charge in [-0.05, 0) is 85.8 Å². The number of nitrogens with zero attached hydrogens (tertiary/aromatic N) is 2. The van der Waals surface area contributed by atoms with Gasteiger partial charge < -0.3 is 10.2 Å². The average molecular weight is 381 g/mol. The highest BCUT2D eigenvalue weighted by molar-refractivity contribution is 7.80. The van der Waals surface area contributed by atoms with Crippen LogP contribution in [-0.2, 0) is 6.42 Å². The molecule has 142 valence electrons. The summed E-state index contributed by atoms with van der Waals surface area (Å²) in [5, 5.41) is 8.00. The molecule has 5 heteroatoms. The molecular weight excluding hydrogens is 352 g/mol. The molecule has 0 radical (unpaired) electrons. The molecule has 0 amide bonds. The first-order valence-electron chi connectivity index (χ1n) is 9.62. The van der Waals surface area contributed by atoms with Crippen LogP contribution in [0.25, 0.3) is 0 Å². The predicted molar refractivity (Wildman–Crippen MR) is 120 cm³/mol. The molecule has 0 spiro atoms. The molecule has 0 aromatic heterocycles. The number of anilines is 2. The Morgan fingerprint density at radius 2 is 2.07 bits per heavy atom. The summed E-state index contributed by atoms with van der Waals surface area (Å²) < 4.78 is 0. The van der Waals surface area contributed by atoms with Gasteiger partial charge in [-0.2, -0.15) is 5.10 Å². The SMILES string of the molecule is CCCN1CCCc2cc(/C=N\NC(=S)Nc3cc(C)ccc3C)ccc21. The number of fused-ring (bicyclic) bond motifs is 1. The maximum atomic E-state index is 5.35. The molecular formula is C22H28N4S. The predicted octanol–water partition coefficient (Wildman–Crippen LogP) is 4.79. The highest BCUT2D eigenvalue weighted by atomic mass is 32.1. The van der Waals surface area contributed by atoms with E-state index in [-0.39, 0.29) is 0 Å². The summed E-state index contributed by atoms with van der Waals surface area (Å²) in [7, 11) is 0. The summed E-state index contributed by atoms with van der Waals surface area (Å²) in [6, 6.07) is 12.8. The molecule has 1 aliphatic rings. The van der Waals surface area contributed by atoms with Gasteiger partial charge in [0.25, 0.3) is 0 Å². The van der Waals surface area contributed by atoms with Crippen molar-refractivity contribution in [3.05, 3.63) is 58.7 Å². The number of nitrogens with one attached hydrogen (secondary N) is 2. The molecule has 27 heavy (non-hydrogen) atoms. The van der Waals surface area contributed by atoms with Gasteiger partial charge in [-0.3, -0.25) is 5.43 Å². The Morgan fingerprint density at radius 3 is 2.89 bits per heavy atom. The maximum absolute atomic E-state index is 5.35. The standard InChI is InChI=1S/C22H28N4S/c1-4-11-26-12-5-6-19-14-18(9-10-21(19)26)15-23-25-22(27)24-20-13-16(2)7-8-17(20)3/h7-10,13-15H,4-6,11-12H2,1-3H3,(H2,24,25,27)/b23-15-. The van der Waals surface area contributed by atoms with Crippen LogP contribution in [0.15, 0.2) is 41.5 Å². The lowest BCUT2D eigenvalue weighted by Crippen LogP contribution is -2.30. The number of hydrogen-bond acceptors (Lipinski definition) is 3. The van der Waals surface area contributed by atoms with Crippen molar-refractivity contribution in [2.24, 2.45) is 5.10 Å². The molecule has 0 fully saturated rings. The Bertz CT molecular complexity index is 844. The van der Waals surface area contributed by atoms with Crippen LogP contribution in [0, 0.1) is 13.8 Å². The van der Waals surface area contributed by atoms with E-state index < -0.39 is 0 Å². The summed E-state index contributed by atoms with van der Waals surface area (Å²) >= 11 is 5.35. The molecule has 0 aliphatic carbocycles. The highest BCUT2D eigenvalue weighted by Gasteiger charge is 2.15. The van der Waals surface area contributed by atoms with Gasteiger partial charge in [-0.1, -0.05) is 25.1 Å². The summed E-state index contributed by atoms with van der Waals surface area (Å²) in [6.45, 7) is 8.64. The van der Waals surface area contributed by atoms with Crippen LogP contribution in [0.5, 0.6) is 0 Å². The Hall–Kier alpha value is -2.40. The Balaban J connectivity index is 1.61. The van der Waals surface area contributed by atoms with E-state index in [1.165, 1.54) is 29.7 Å². The molecule has 2 N–H and O–H groups in total. The number of benzene rings is 2. The van der Waals surface area contributed by atoms with Gasteiger partial charge in [-0.15, -0.1) is 0 Å². The fourth-order valence-corrected chi connectivity index (χ4v) is 3.63. The minimum atomic E-state index is 0.493. The van der Waals surface area contributed by atoms with Crippen molar-refractivity contribution in [1.29, 1.82) is 0 Å². The van der Waals surface area contributed by atoms with Crippen molar-refractivity contribution in [3.8, 4) is 0 Å². The van der Waals surface area contributed by atoms with E-state index in [1.807, 2.05) is 6.21 Å². The third-order valence-corrected chi connectivity index (χ3v) is 5.03. The van der Waals surface area contributed by atoms with Crippen LogP contribution in [0.2, 0.25) is 0 Å². The van der Waals surface area contributed by atoms with Crippen molar-refractivity contribution in [2.75, 3.05) is 23.3 Å². The molecule has 3 rings (SSSR count). The second kappa shape index (κ2) is 9.00. The molecule has 4 nitrogen and oxygen atoms in total. The van der Waals surface area contributed by atoms with Crippen LogP contribution in [-0.4, -0.2) is 24.4 Å². The van der Waals surface area contributed by atoms with Crippen molar-refractivity contribution >= 4 is 34.9 Å². The third-order valence-electron chi connectivity index (χ3n) is 4.83. The van der Waals surface area contributed by atoms with E-state index in [4.69, 9.17) is 12.2 Å². The summed E-state index contributed by atoms with van der Waals surface area (Å²) in [5.74, 6) is 0. The molecule has 2 aromatic carbocycles. The van der Waals surface area contributed by atoms with E-state index in [0.717, 1.165) is 36.3 Å². The van der Waals surface area contributed by atoms with E-state index in [9.17, 15) is 0 Å². The van der Waals surface area contributed by atoms with E-state index >= 15 is 0 Å². The monoisotopic (exact) mass is 380 g/mol. The van der Waals surface area contributed by atoms with Gasteiger partial charge in [-0.25, -0.2) is 0 Å². The van der Waals surface area contributed by atoms with Crippen molar-refractivity contribution in [3.63, 3.8) is 0 Å². The number of rotatable bonds is 5. The fourth-order valence-electron chi connectivity index (χ4n) is 3.46. The summed E-state index contributed by atoms with van der Waals surface area (Å²) in [6.07, 6.45) is 5.36. The van der Waals surface area contributed by atoms with Gasteiger partial charge in [0.15, 0.2) is 5.11 Å². The zero-order valence-corrected chi connectivity index (χ0v) is 17.2. The van der Waals surface area contributed by atoms with Gasteiger partial charge in [0, 0.05) is 24.5 Å². The van der Waals surface area contributed by atoms with Crippen molar-refractivity contribution < 1.29 is 0 Å². The molecule has 0 bridgehead atoms. The van der Waals surface area contributed by atoms with E-state index in [2.05, 4.69) is 77.9 Å². The van der Waals surface area contributed by atoms with Crippen molar-refractivity contribution in [1.82, 2.24) is 5.43 Å². The second-order valence-corrected chi connectivity index (χ2v) is 7.53. The molecule has 0 unspecified atom stereocenters. The normalized spacial score (nSPS) is 13.5. The summed E-state index contributed by atoms with van der Waals surface area (Å²) in [5.41, 5.74) is 10.1. The molecule has 1 heterocycles. The molecule has 0 saturated carbocycles. The van der Waals surface area contributed by atoms with Crippen LogP contribution in [0.1, 0.15) is 42.0 Å². The van der Waals surface area contributed by atoms with E-state index in [0.29, 0.717) is 5.11 Å². The lowest BCUT2D eigenvalue weighted by molar-refractivity contribution is 0.681. The zero-order valence-electron chi connectivity index (χ0n) is 16.4. The first-order valence-corrected chi connectivity index (χ1v) is 10.0. The zero-order chi connectivity index (χ0) is 19.2.